The molecule has 190 valence electrons. The maximum Gasteiger partial charge on any atom is 0.0894 e. The first-order valence-corrected chi connectivity index (χ1v) is 14.5. The van der Waals surface area contributed by atoms with Gasteiger partial charge in [0, 0.05) is 5.41 Å². The van der Waals surface area contributed by atoms with Crippen molar-refractivity contribution >= 4 is 0 Å². The van der Waals surface area contributed by atoms with Gasteiger partial charge in [0.2, 0.25) is 0 Å². The van der Waals surface area contributed by atoms with E-state index < -0.39 is 5.60 Å². The molecule has 4 N–H and O–H groups in total. The fraction of sp³-hybridized carbons (Fsp3) is 0.933. The van der Waals surface area contributed by atoms with Crippen molar-refractivity contribution in [1.82, 2.24) is 5.32 Å². The van der Waals surface area contributed by atoms with Crippen LogP contribution in [0.25, 0.3) is 0 Å². The lowest BCUT2D eigenvalue weighted by atomic mass is 9.45. The van der Waals surface area contributed by atoms with E-state index in [1.165, 1.54) is 57.8 Å². The Morgan fingerprint density at radius 3 is 2.48 bits per heavy atom. The second-order valence-electron chi connectivity index (χ2n) is 13.4. The zero-order chi connectivity index (χ0) is 23.9. The minimum atomic E-state index is -0.607. The Morgan fingerprint density at radius 1 is 1.00 bits per heavy atom. The van der Waals surface area contributed by atoms with Crippen molar-refractivity contribution in [1.29, 1.82) is 0 Å². The summed E-state index contributed by atoms with van der Waals surface area (Å²) in [7, 11) is 0. The van der Waals surface area contributed by atoms with Gasteiger partial charge in [-0.25, -0.2) is 0 Å². The van der Waals surface area contributed by atoms with E-state index in [0.29, 0.717) is 17.9 Å². The molecule has 0 aromatic heterocycles. The molecule has 0 unspecified atom stereocenters. The van der Waals surface area contributed by atoms with Gasteiger partial charge in [0.1, 0.15) is 0 Å². The minimum Gasteiger partial charge on any atom is -0.387 e. The number of allylic oxidation sites excluding steroid dienone is 1. The molecule has 0 saturated heterocycles. The molecule has 4 rings (SSSR count). The Hall–Kier alpha value is -0.380. The Kier molecular flexibility index (Phi) is 7.74. The van der Waals surface area contributed by atoms with Gasteiger partial charge in [-0.3, -0.25) is 0 Å². The number of rotatable bonds is 9. The van der Waals surface area contributed by atoms with E-state index in [9.17, 15) is 5.11 Å². The van der Waals surface area contributed by atoms with Gasteiger partial charge in [-0.2, -0.15) is 0 Å². The van der Waals surface area contributed by atoms with Gasteiger partial charge in [0.05, 0.1) is 11.6 Å². The zero-order valence-electron chi connectivity index (χ0n) is 22.5. The van der Waals surface area contributed by atoms with Crippen molar-refractivity contribution in [3.63, 3.8) is 0 Å². The highest BCUT2D eigenvalue weighted by molar-refractivity contribution is 5.34. The van der Waals surface area contributed by atoms with E-state index in [0.717, 1.165) is 49.5 Å². The number of fused-ring (bicyclic) bond motifs is 5. The second-order valence-corrected chi connectivity index (χ2v) is 13.4. The summed E-state index contributed by atoms with van der Waals surface area (Å²) in [6, 6.07) is 0.0884. The second kappa shape index (κ2) is 9.94. The maximum absolute atomic E-state index is 12.2. The minimum absolute atomic E-state index is 0.0119. The molecular weight excluding hydrogens is 404 g/mol. The molecular formula is C30H54N2O. The summed E-state index contributed by atoms with van der Waals surface area (Å²) < 4.78 is 0. The summed E-state index contributed by atoms with van der Waals surface area (Å²) in [5, 5.41) is 16.0. The van der Waals surface area contributed by atoms with Crippen molar-refractivity contribution < 1.29 is 5.11 Å². The van der Waals surface area contributed by atoms with Crippen molar-refractivity contribution in [3.8, 4) is 0 Å². The fourth-order valence-electron chi connectivity index (χ4n) is 9.23. The summed E-state index contributed by atoms with van der Waals surface area (Å²) in [5.41, 5.74) is 7.39. The third-order valence-electron chi connectivity index (χ3n) is 11.2. The Balaban J connectivity index is 1.60. The van der Waals surface area contributed by atoms with Crippen LogP contribution in [0.2, 0.25) is 0 Å². The van der Waals surface area contributed by atoms with E-state index in [-0.39, 0.29) is 11.5 Å². The van der Waals surface area contributed by atoms with Crippen LogP contribution in [0.4, 0.5) is 0 Å². The summed E-state index contributed by atoms with van der Waals surface area (Å²) in [6.45, 7) is 14.0. The van der Waals surface area contributed by atoms with Gasteiger partial charge in [0.15, 0.2) is 0 Å². The molecule has 8 atom stereocenters. The van der Waals surface area contributed by atoms with Crippen LogP contribution in [0.3, 0.4) is 0 Å². The largest absolute Gasteiger partial charge is 0.387 e. The van der Waals surface area contributed by atoms with Gasteiger partial charge in [-0.05, 0) is 93.0 Å². The van der Waals surface area contributed by atoms with Crippen LogP contribution < -0.4 is 11.1 Å². The lowest BCUT2D eigenvalue weighted by molar-refractivity contribution is -0.159. The zero-order valence-corrected chi connectivity index (χ0v) is 22.5. The third-order valence-corrected chi connectivity index (χ3v) is 11.2. The highest BCUT2D eigenvalue weighted by Crippen LogP contribution is 2.67. The number of hydrogen-bond donors (Lipinski definition) is 3. The predicted molar refractivity (Wildman–Crippen MR) is 140 cm³/mol. The number of hydrogen-bond acceptors (Lipinski definition) is 3. The molecule has 33 heavy (non-hydrogen) atoms. The molecule has 3 heteroatoms. The van der Waals surface area contributed by atoms with E-state index in [4.69, 9.17) is 5.73 Å². The van der Waals surface area contributed by atoms with Gasteiger partial charge in [-0.1, -0.05) is 78.4 Å². The Labute approximate surface area is 204 Å². The average molecular weight is 459 g/mol. The standard InChI is InChI=1S/C30H54N2O/c1-21(2)10-8-11-22(3)24-12-13-25-23-20-27(32-19-9-18-31)30(33)16-7-6-15-29(30,5)26(23)14-17-28(24,25)4/h20-22,24-27,32-33H,6-19,31H2,1-5H3/t22-,24-,25+,26+,27-,28-,29-,30+/m1/s1. The quantitative estimate of drug-likeness (QED) is 0.275. The molecule has 0 aromatic carbocycles. The lowest BCUT2D eigenvalue weighted by Gasteiger charge is -2.62. The number of nitrogens with two attached hydrogens (primary N) is 1. The molecule has 4 aliphatic carbocycles. The molecule has 0 aliphatic heterocycles. The van der Waals surface area contributed by atoms with E-state index >= 15 is 0 Å². The number of aliphatic hydroxyl groups is 1. The highest BCUT2D eigenvalue weighted by atomic mass is 16.3. The highest BCUT2D eigenvalue weighted by Gasteiger charge is 2.63. The Morgan fingerprint density at radius 2 is 1.76 bits per heavy atom. The van der Waals surface area contributed by atoms with Crippen molar-refractivity contribution in [2.45, 2.75) is 123 Å². The molecule has 0 aromatic rings. The third kappa shape index (κ3) is 4.38. The van der Waals surface area contributed by atoms with Crippen LogP contribution in [-0.4, -0.2) is 29.8 Å². The Bertz CT molecular complexity index is 703. The molecule has 3 saturated carbocycles. The lowest BCUT2D eigenvalue weighted by Crippen LogP contribution is -2.67. The predicted octanol–water partition coefficient (Wildman–Crippen LogP) is 6.45. The topological polar surface area (TPSA) is 58.3 Å². The average Bonchev–Trinajstić information content (AvgIpc) is 3.12. The molecule has 0 heterocycles. The smallest absolute Gasteiger partial charge is 0.0894 e. The summed E-state index contributed by atoms with van der Waals surface area (Å²) >= 11 is 0. The SMILES string of the molecule is CC(C)CCC[C@@H](C)[C@H]1CC[C@H]2C3=C[C@@H](NCCCN)[C@@]4(O)CCCC[C@]4(C)[C@H]3CC[C@]12C. The van der Waals surface area contributed by atoms with Crippen LogP contribution in [0.15, 0.2) is 11.6 Å². The fourth-order valence-corrected chi connectivity index (χ4v) is 9.23. The first-order chi connectivity index (χ1) is 15.7. The molecule has 4 aliphatic rings. The summed E-state index contributed by atoms with van der Waals surface area (Å²) in [6.07, 6.45) is 17.7. The van der Waals surface area contributed by atoms with Gasteiger partial charge >= 0.3 is 0 Å². The molecule has 3 fully saturated rings. The van der Waals surface area contributed by atoms with E-state index in [2.05, 4.69) is 46.0 Å². The number of nitrogens with one attached hydrogen (secondary N) is 1. The van der Waals surface area contributed by atoms with Gasteiger partial charge in [0.25, 0.3) is 0 Å². The molecule has 0 radical (unpaired) electrons. The van der Waals surface area contributed by atoms with Crippen molar-refractivity contribution in [2.24, 2.45) is 46.2 Å². The van der Waals surface area contributed by atoms with Crippen LogP contribution in [0.1, 0.15) is 112 Å². The van der Waals surface area contributed by atoms with Crippen molar-refractivity contribution in [3.05, 3.63) is 11.6 Å². The van der Waals surface area contributed by atoms with Crippen LogP contribution in [0, 0.1) is 40.4 Å². The van der Waals surface area contributed by atoms with Gasteiger partial charge in [-0.15, -0.1) is 0 Å². The molecule has 3 nitrogen and oxygen atoms in total. The van der Waals surface area contributed by atoms with Crippen molar-refractivity contribution in [2.75, 3.05) is 13.1 Å². The first kappa shape index (κ1) is 25.7. The van der Waals surface area contributed by atoms with Gasteiger partial charge < -0.3 is 16.2 Å². The van der Waals surface area contributed by atoms with Crippen LogP contribution in [-0.2, 0) is 0 Å². The molecule has 0 bridgehead atoms. The van der Waals surface area contributed by atoms with E-state index in [1.54, 1.807) is 5.57 Å². The monoisotopic (exact) mass is 458 g/mol. The maximum atomic E-state index is 12.2. The van der Waals surface area contributed by atoms with Crippen LogP contribution in [0.5, 0.6) is 0 Å². The van der Waals surface area contributed by atoms with E-state index in [1.807, 2.05) is 0 Å². The molecule has 0 amide bonds. The first-order valence-electron chi connectivity index (χ1n) is 14.5. The summed E-state index contributed by atoms with van der Waals surface area (Å²) in [5.74, 6) is 3.81. The normalized spacial score (nSPS) is 43.6. The summed E-state index contributed by atoms with van der Waals surface area (Å²) in [4.78, 5) is 0. The molecule has 0 spiro atoms. The van der Waals surface area contributed by atoms with Crippen LogP contribution >= 0.6 is 0 Å².